The highest BCUT2D eigenvalue weighted by Crippen LogP contribution is 2.35. The van der Waals surface area contributed by atoms with Gasteiger partial charge in [0, 0.05) is 13.2 Å². The predicted molar refractivity (Wildman–Crippen MR) is 93.6 cm³/mol. The van der Waals surface area contributed by atoms with Crippen molar-refractivity contribution < 1.29 is 24.2 Å². The van der Waals surface area contributed by atoms with Gasteiger partial charge in [-0.1, -0.05) is 24.3 Å². The maximum absolute atomic E-state index is 11.9. The summed E-state index contributed by atoms with van der Waals surface area (Å²) in [6, 6.07) is 7.15. The molecule has 6 heteroatoms. The molecule has 6 nitrogen and oxygen atoms in total. The number of amides is 1. The van der Waals surface area contributed by atoms with Gasteiger partial charge < -0.3 is 19.9 Å². The zero-order valence-electron chi connectivity index (χ0n) is 15.3. The number of hydrogen-bond acceptors (Lipinski definition) is 4. The monoisotopic (exact) mass is 349 g/mol. The Hall–Kier alpha value is -2.08. The van der Waals surface area contributed by atoms with Gasteiger partial charge in [-0.15, -0.1) is 0 Å². The summed E-state index contributed by atoms with van der Waals surface area (Å²) < 4.78 is 10.6. The second kappa shape index (κ2) is 7.44. The van der Waals surface area contributed by atoms with Crippen molar-refractivity contribution in [2.24, 2.45) is 0 Å². The molecular weight excluding hydrogens is 322 g/mol. The van der Waals surface area contributed by atoms with Crippen molar-refractivity contribution >= 4 is 12.1 Å². The molecule has 0 aromatic heterocycles. The Morgan fingerprint density at radius 1 is 1.20 bits per heavy atom. The van der Waals surface area contributed by atoms with Crippen LogP contribution >= 0.6 is 0 Å². The minimum atomic E-state index is -0.890. The molecule has 1 aliphatic rings. The number of benzene rings is 1. The Kier molecular flexibility index (Phi) is 5.72. The van der Waals surface area contributed by atoms with E-state index in [1.807, 2.05) is 52.0 Å². The molecule has 1 fully saturated rings. The van der Waals surface area contributed by atoms with Crippen LogP contribution in [0.25, 0.3) is 0 Å². The van der Waals surface area contributed by atoms with E-state index in [9.17, 15) is 14.7 Å². The molecule has 25 heavy (non-hydrogen) atoms. The number of carboxylic acid groups (broad SMARTS) is 1. The van der Waals surface area contributed by atoms with Crippen LogP contribution in [0.2, 0.25) is 0 Å². The van der Waals surface area contributed by atoms with Gasteiger partial charge in [-0.25, -0.2) is 4.79 Å². The third-order valence-electron chi connectivity index (χ3n) is 4.45. The fourth-order valence-corrected chi connectivity index (χ4v) is 3.00. The quantitative estimate of drug-likeness (QED) is 0.870. The Balaban J connectivity index is 2.10. The standard InChI is InChI=1S/C19H27NO5/c1-13(20-17(23)25-18(2,3)4)14-5-7-15(8-6-14)19(16(21)22)9-11-24-12-10-19/h5-8,13H,9-12H2,1-4H3,(H,20,23)(H,21,22)/t13-/m1/s1. The van der Waals surface area contributed by atoms with Gasteiger partial charge in [-0.3, -0.25) is 4.79 Å². The molecule has 0 bridgehead atoms. The van der Waals surface area contributed by atoms with Gasteiger partial charge in [0.15, 0.2) is 0 Å². The van der Waals surface area contributed by atoms with Crippen molar-refractivity contribution in [3.8, 4) is 0 Å². The first-order valence-electron chi connectivity index (χ1n) is 8.55. The number of carbonyl (C=O) groups is 2. The molecule has 1 heterocycles. The topological polar surface area (TPSA) is 84.9 Å². The van der Waals surface area contributed by atoms with Crippen LogP contribution in [0.5, 0.6) is 0 Å². The minimum Gasteiger partial charge on any atom is -0.481 e. The summed E-state index contributed by atoms with van der Waals surface area (Å²) in [5.41, 5.74) is 0.224. The van der Waals surface area contributed by atoms with E-state index in [4.69, 9.17) is 9.47 Å². The number of carboxylic acids is 1. The second-order valence-electron chi connectivity index (χ2n) is 7.49. The molecule has 1 aliphatic heterocycles. The fraction of sp³-hybridized carbons (Fsp3) is 0.579. The van der Waals surface area contributed by atoms with Crippen LogP contribution in [-0.2, 0) is 19.7 Å². The third-order valence-corrected chi connectivity index (χ3v) is 4.45. The number of ether oxygens (including phenoxy) is 2. The summed E-state index contributed by atoms with van der Waals surface area (Å²) in [7, 11) is 0. The normalized spacial score (nSPS) is 18.2. The van der Waals surface area contributed by atoms with Crippen LogP contribution in [-0.4, -0.2) is 36.0 Å². The SMILES string of the molecule is C[C@@H](NC(=O)OC(C)(C)C)c1ccc(C2(C(=O)O)CCOCC2)cc1. The van der Waals surface area contributed by atoms with Gasteiger partial charge in [-0.2, -0.15) is 0 Å². The molecule has 1 atom stereocenters. The molecule has 0 radical (unpaired) electrons. The van der Waals surface area contributed by atoms with Crippen molar-refractivity contribution in [1.82, 2.24) is 5.32 Å². The molecule has 1 saturated heterocycles. The van der Waals surface area contributed by atoms with E-state index in [1.54, 1.807) is 0 Å². The smallest absolute Gasteiger partial charge is 0.408 e. The average Bonchev–Trinajstić information content (AvgIpc) is 2.53. The molecule has 0 unspecified atom stereocenters. The van der Waals surface area contributed by atoms with E-state index in [-0.39, 0.29) is 6.04 Å². The first kappa shape index (κ1) is 19.2. The zero-order chi connectivity index (χ0) is 18.7. The molecule has 0 saturated carbocycles. The number of carbonyl (C=O) groups excluding carboxylic acids is 1. The molecule has 0 spiro atoms. The number of hydrogen-bond donors (Lipinski definition) is 2. The largest absolute Gasteiger partial charge is 0.481 e. The summed E-state index contributed by atoms with van der Waals surface area (Å²) in [5, 5.41) is 12.5. The Bertz CT molecular complexity index is 612. The van der Waals surface area contributed by atoms with E-state index in [1.165, 1.54) is 0 Å². The lowest BCUT2D eigenvalue weighted by atomic mass is 9.74. The second-order valence-corrected chi connectivity index (χ2v) is 7.49. The van der Waals surface area contributed by atoms with E-state index in [0.717, 1.165) is 11.1 Å². The van der Waals surface area contributed by atoms with Gasteiger partial charge in [0.2, 0.25) is 0 Å². The highest BCUT2D eigenvalue weighted by atomic mass is 16.6. The molecular formula is C19H27NO5. The van der Waals surface area contributed by atoms with E-state index >= 15 is 0 Å². The summed E-state index contributed by atoms with van der Waals surface area (Å²) in [4.78, 5) is 23.7. The van der Waals surface area contributed by atoms with Crippen LogP contribution in [0.3, 0.4) is 0 Å². The van der Waals surface area contributed by atoms with E-state index in [2.05, 4.69) is 5.32 Å². The molecule has 2 rings (SSSR count). The lowest BCUT2D eigenvalue weighted by Gasteiger charge is -2.33. The van der Waals surface area contributed by atoms with Crippen molar-refractivity contribution in [3.05, 3.63) is 35.4 Å². The number of aliphatic carboxylic acids is 1. The molecule has 1 aromatic carbocycles. The fourth-order valence-electron chi connectivity index (χ4n) is 3.00. The van der Waals surface area contributed by atoms with E-state index in [0.29, 0.717) is 26.1 Å². The minimum absolute atomic E-state index is 0.237. The zero-order valence-corrected chi connectivity index (χ0v) is 15.3. The summed E-state index contributed by atoms with van der Waals surface area (Å²) in [6.45, 7) is 8.19. The van der Waals surface area contributed by atoms with Crippen molar-refractivity contribution in [3.63, 3.8) is 0 Å². The Labute approximate surface area is 148 Å². The van der Waals surface area contributed by atoms with Gasteiger partial charge in [0.25, 0.3) is 0 Å². The van der Waals surface area contributed by atoms with Crippen LogP contribution in [0.4, 0.5) is 4.79 Å². The molecule has 1 amide bonds. The van der Waals surface area contributed by atoms with Gasteiger partial charge in [0.05, 0.1) is 11.5 Å². The highest BCUT2D eigenvalue weighted by molar-refractivity contribution is 5.81. The number of nitrogens with one attached hydrogen (secondary N) is 1. The van der Waals surface area contributed by atoms with Crippen molar-refractivity contribution in [1.29, 1.82) is 0 Å². The van der Waals surface area contributed by atoms with Crippen LogP contribution in [0.1, 0.15) is 57.7 Å². The number of alkyl carbamates (subject to hydrolysis) is 1. The maximum atomic E-state index is 11.9. The van der Waals surface area contributed by atoms with Crippen LogP contribution in [0, 0.1) is 0 Å². The maximum Gasteiger partial charge on any atom is 0.408 e. The predicted octanol–water partition coefficient (Wildman–Crippen LogP) is 3.41. The van der Waals surface area contributed by atoms with E-state index < -0.39 is 23.1 Å². The van der Waals surface area contributed by atoms with Crippen LogP contribution < -0.4 is 5.32 Å². The first-order chi connectivity index (χ1) is 11.6. The Morgan fingerprint density at radius 2 is 1.76 bits per heavy atom. The average molecular weight is 349 g/mol. The summed E-state index contributed by atoms with van der Waals surface area (Å²) in [5.74, 6) is -0.816. The molecule has 138 valence electrons. The van der Waals surface area contributed by atoms with Gasteiger partial charge >= 0.3 is 12.1 Å². The molecule has 0 aliphatic carbocycles. The molecule has 2 N–H and O–H groups in total. The lowest BCUT2D eigenvalue weighted by Crippen LogP contribution is -2.41. The molecule has 1 aromatic rings. The Morgan fingerprint density at radius 3 is 2.24 bits per heavy atom. The van der Waals surface area contributed by atoms with Gasteiger partial charge in [-0.05, 0) is 51.7 Å². The third kappa shape index (κ3) is 4.72. The van der Waals surface area contributed by atoms with Gasteiger partial charge in [0.1, 0.15) is 5.60 Å². The summed E-state index contributed by atoms with van der Waals surface area (Å²) >= 11 is 0. The number of rotatable bonds is 4. The van der Waals surface area contributed by atoms with Crippen LogP contribution in [0.15, 0.2) is 24.3 Å². The highest BCUT2D eigenvalue weighted by Gasteiger charge is 2.41. The first-order valence-corrected chi connectivity index (χ1v) is 8.55. The lowest BCUT2D eigenvalue weighted by molar-refractivity contribution is -0.147. The summed E-state index contributed by atoms with van der Waals surface area (Å²) in [6.07, 6.45) is 0.455. The van der Waals surface area contributed by atoms with Crippen molar-refractivity contribution in [2.45, 2.75) is 57.6 Å². The van der Waals surface area contributed by atoms with Crippen molar-refractivity contribution in [2.75, 3.05) is 13.2 Å².